The summed E-state index contributed by atoms with van der Waals surface area (Å²) in [4.78, 5) is 22.7. The summed E-state index contributed by atoms with van der Waals surface area (Å²) in [5.41, 5.74) is 3.39. The second kappa shape index (κ2) is 13.7. The van der Waals surface area contributed by atoms with Gasteiger partial charge in [-0.05, 0) is 120 Å². The Bertz CT molecular complexity index is 1180. The molecule has 0 saturated carbocycles. The molecular formula is C33H42ClN3O2. The molecule has 5 rings (SSSR count). The van der Waals surface area contributed by atoms with Crippen LogP contribution in [0.2, 0.25) is 5.02 Å². The van der Waals surface area contributed by atoms with Gasteiger partial charge in [0.25, 0.3) is 0 Å². The monoisotopic (exact) mass is 547 g/mol. The molecule has 0 spiro atoms. The highest BCUT2D eigenvalue weighted by Gasteiger charge is 2.26. The van der Waals surface area contributed by atoms with E-state index in [1.165, 1.54) is 37.9 Å². The molecule has 2 aromatic carbocycles. The third-order valence-corrected chi connectivity index (χ3v) is 8.87. The van der Waals surface area contributed by atoms with E-state index in [1.54, 1.807) is 0 Å². The van der Waals surface area contributed by atoms with Crippen LogP contribution < -0.4 is 0 Å². The first-order valence-corrected chi connectivity index (χ1v) is 15.1. The van der Waals surface area contributed by atoms with Gasteiger partial charge in [-0.15, -0.1) is 0 Å². The van der Waals surface area contributed by atoms with Crippen molar-refractivity contribution < 1.29 is 9.21 Å². The number of oxazole rings is 1. The van der Waals surface area contributed by atoms with Crippen LogP contribution in [0, 0.1) is 18.8 Å². The van der Waals surface area contributed by atoms with E-state index in [1.807, 2.05) is 31.2 Å². The first-order chi connectivity index (χ1) is 19.0. The van der Waals surface area contributed by atoms with Gasteiger partial charge in [-0.25, -0.2) is 4.98 Å². The minimum atomic E-state index is 0.220. The van der Waals surface area contributed by atoms with Crippen molar-refractivity contribution in [3.05, 3.63) is 76.6 Å². The van der Waals surface area contributed by atoms with Gasteiger partial charge in [-0.1, -0.05) is 41.9 Å². The van der Waals surface area contributed by atoms with Crippen molar-refractivity contribution in [2.24, 2.45) is 11.8 Å². The van der Waals surface area contributed by atoms with Crippen LogP contribution in [0.15, 0.2) is 59.0 Å². The molecule has 0 unspecified atom stereocenters. The minimum absolute atomic E-state index is 0.220. The van der Waals surface area contributed by atoms with Crippen LogP contribution in [-0.4, -0.2) is 53.3 Å². The molecule has 2 aliphatic rings. The normalized spacial score (nSPS) is 18.0. The predicted molar refractivity (Wildman–Crippen MR) is 158 cm³/mol. The quantitative estimate of drug-likeness (QED) is 0.237. The Labute approximate surface area is 238 Å². The number of unbranched alkanes of at least 4 members (excludes halogenated alkanes) is 1. The van der Waals surface area contributed by atoms with Crippen LogP contribution in [0.3, 0.4) is 0 Å². The summed E-state index contributed by atoms with van der Waals surface area (Å²) in [5.74, 6) is 3.01. The smallest absolute Gasteiger partial charge is 0.226 e. The summed E-state index contributed by atoms with van der Waals surface area (Å²) in [6.45, 7) is 8.18. The second-order valence-corrected chi connectivity index (χ2v) is 11.9. The minimum Gasteiger partial charge on any atom is -0.441 e. The summed E-state index contributed by atoms with van der Waals surface area (Å²) < 4.78 is 5.93. The fourth-order valence-corrected chi connectivity index (χ4v) is 6.24. The van der Waals surface area contributed by atoms with Crippen molar-refractivity contribution in [1.82, 2.24) is 14.8 Å². The molecule has 0 radical (unpaired) electrons. The number of carbonyl (C=O) groups is 1. The molecule has 5 nitrogen and oxygen atoms in total. The number of piperidine rings is 2. The van der Waals surface area contributed by atoms with Crippen molar-refractivity contribution >= 4 is 17.4 Å². The maximum atomic E-state index is 12.9. The lowest BCUT2D eigenvalue weighted by atomic mass is 9.89. The van der Waals surface area contributed by atoms with Gasteiger partial charge < -0.3 is 9.32 Å². The van der Waals surface area contributed by atoms with E-state index in [0.29, 0.717) is 16.7 Å². The number of benzene rings is 2. The van der Waals surface area contributed by atoms with E-state index in [4.69, 9.17) is 21.0 Å². The first-order valence-electron chi connectivity index (χ1n) is 14.8. The molecule has 0 atom stereocenters. The average molecular weight is 548 g/mol. The van der Waals surface area contributed by atoms with Crippen LogP contribution in [-0.2, 0) is 17.8 Å². The Kier molecular flexibility index (Phi) is 9.89. The van der Waals surface area contributed by atoms with Gasteiger partial charge in [-0.2, -0.15) is 0 Å². The summed E-state index contributed by atoms with van der Waals surface area (Å²) in [6.07, 6.45) is 8.60. The standard InChI is InChI=1S/C33H42ClN3O2/c1-25-31(35-33(39-25)29-10-12-30(34)13-11-29)24-37-21-16-28(17-22-37)32(38)9-5-6-18-36-19-14-27(15-20-36)23-26-7-3-2-4-8-26/h2-4,7-8,10-13,27-28H,5-6,9,14-24H2,1H3. The van der Waals surface area contributed by atoms with Gasteiger partial charge in [0.05, 0.1) is 5.69 Å². The number of likely N-dealkylation sites (tertiary alicyclic amines) is 2. The molecule has 2 fully saturated rings. The van der Waals surface area contributed by atoms with E-state index in [2.05, 4.69) is 40.1 Å². The molecular weight excluding hydrogens is 506 g/mol. The lowest BCUT2D eigenvalue weighted by Gasteiger charge is -2.32. The highest BCUT2D eigenvalue weighted by atomic mass is 35.5. The Morgan fingerprint density at radius 3 is 2.33 bits per heavy atom. The lowest BCUT2D eigenvalue weighted by molar-refractivity contribution is -0.124. The fourth-order valence-electron chi connectivity index (χ4n) is 6.12. The number of ketones is 1. The van der Waals surface area contributed by atoms with E-state index in [-0.39, 0.29) is 5.92 Å². The maximum Gasteiger partial charge on any atom is 0.226 e. The zero-order valence-electron chi connectivity index (χ0n) is 23.3. The third kappa shape index (κ3) is 8.03. The molecule has 0 amide bonds. The highest BCUT2D eigenvalue weighted by Crippen LogP contribution is 2.27. The number of nitrogens with zero attached hydrogens (tertiary/aromatic N) is 3. The number of halogens is 1. The zero-order valence-corrected chi connectivity index (χ0v) is 24.0. The molecule has 2 aliphatic heterocycles. The zero-order chi connectivity index (χ0) is 27.0. The third-order valence-electron chi connectivity index (χ3n) is 8.62. The van der Waals surface area contributed by atoms with Crippen molar-refractivity contribution in [3.63, 3.8) is 0 Å². The first kappa shape index (κ1) is 28.1. The van der Waals surface area contributed by atoms with E-state index < -0.39 is 0 Å². The van der Waals surface area contributed by atoms with Gasteiger partial charge in [-0.3, -0.25) is 9.69 Å². The number of carbonyl (C=O) groups excluding carboxylic acids is 1. The molecule has 6 heteroatoms. The number of aryl methyl sites for hydroxylation is 1. The van der Waals surface area contributed by atoms with E-state index in [9.17, 15) is 4.79 Å². The van der Waals surface area contributed by atoms with Gasteiger partial charge in [0, 0.05) is 29.5 Å². The summed E-state index contributed by atoms with van der Waals surface area (Å²) in [6, 6.07) is 18.5. The lowest BCUT2D eigenvalue weighted by Crippen LogP contribution is -2.36. The van der Waals surface area contributed by atoms with Crippen LogP contribution in [0.1, 0.15) is 62.0 Å². The second-order valence-electron chi connectivity index (χ2n) is 11.5. The van der Waals surface area contributed by atoms with Gasteiger partial charge in [0.15, 0.2) is 0 Å². The van der Waals surface area contributed by atoms with E-state index >= 15 is 0 Å². The molecule has 208 valence electrons. The summed E-state index contributed by atoms with van der Waals surface area (Å²) in [7, 11) is 0. The highest BCUT2D eigenvalue weighted by molar-refractivity contribution is 6.30. The SMILES string of the molecule is Cc1oc(-c2ccc(Cl)cc2)nc1CN1CCC(C(=O)CCCCN2CCC(Cc3ccccc3)CC2)CC1. The van der Waals surface area contributed by atoms with Crippen LogP contribution in [0.5, 0.6) is 0 Å². The number of aromatic nitrogens is 1. The Balaban J connectivity index is 0.964. The average Bonchev–Trinajstić information content (AvgIpc) is 3.33. The molecule has 0 bridgehead atoms. The molecule has 39 heavy (non-hydrogen) atoms. The predicted octanol–water partition coefficient (Wildman–Crippen LogP) is 7.21. The molecule has 3 aromatic rings. The van der Waals surface area contributed by atoms with Gasteiger partial charge >= 0.3 is 0 Å². The molecule has 1 aromatic heterocycles. The summed E-state index contributed by atoms with van der Waals surface area (Å²) in [5, 5.41) is 0.703. The van der Waals surface area contributed by atoms with Crippen LogP contribution >= 0.6 is 11.6 Å². The van der Waals surface area contributed by atoms with Crippen molar-refractivity contribution in [3.8, 4) is 11.5 Å². The number of hydrogen-bond donors (Lipinski definition) is 0. The number of hydrogen-bond acceptors (Lipinski definition) is 5. The molecule has 2 saturated heterocycles. The van der Waals surface area contributed by atoms with Crippen molar-refractivity contribution in [1.29, 1.82) is 0 Å². The van der Waals surface area contributed by atoms with Crippen molar-refractivity contribution in [2.75, 3.05) is 32.7 Å². The van der Waals surface area contributed by atoms with Crippen LogP contribution in [0.25, 0.3) is 11.5 Å². The number of rotatable bonds is 11. The maximum absolute atomic E-state index is 12.9. The number of Topliss-reactive ketones (excluding diaryl/α,β-unsaturated/α-hetero) is 1. The summed E-state index contributed by atoms with van der Waals surface area (Å²) >= 11 is 6.01. The Morgan fingerprint density at radius 1 is 0.923 bits per heavy atom. The Hall–Kier alpha value is -2.47. The molecule has 0 N–H and O–H groups in total. The molecule has 3 heterocycles. The largest absolute Gasteiger partial charge is 0.441 e. The van der Waals surface area contributed by atoms with Crippen molar-refractivity contribution in [2.45, 2.75) is 64.8 Å². The molecule has 0 aliphatic carbocycles. The van der Waals surface area contributed by atoms with Gasteiger partial charge in [0.1, 0.15) is 11.5 Å². The van der Waals surface area contributed by atoms with Crippen LogP contribution in [0.4, 0.5) is 0 Å². The van der Waals surface area contributed by atoms with E-state index in [0.717, 1.165) is 81.2 Å². The topological polar surface area (TPSA) is 49.6 Å². The van der Waals surface area contributed by atoms with Gasteiger partial charge in [0.2, 0.25) is 5.89 Å². The Morgan fingerprint density at radius 2 is 1.62 bits per heavy atom. The fraction of sp³-hybridized carbons (Fsp3) is 0.515.